The first-order valence-electron chi connectivity index (χ1n) is 7.71. The molecule has 0 unspecified atom stereocenters. The van der Waals surface area contributed by atoms with E-state index in [0.717, 1.165) is 44.7 Å². The van der Waals surface area contributed by atoms with Crippen LogP contribution in [0.1, 0.15) is 31.5 Å². The Morgan fingerprint density at radius 1 is 1.43 bits per heavy atom. The number of aromatic nitrogens is 2. The molecule has 21 heavy (non-hydrogen) atoms. The van der Waals surface area contributed by atoms with Crippen molar-refractivity contribution in [1.82, 2.24) is 14.3 Å². The smallest absolute Gasteiger partial charge is 0.211 e. The number of hydrogen-bond acceptors (Lipinski definition) is 4. The van der Waals surface area contributed by atoms with Crippen molar-refractivity contribution in [3.05, 3.63) is 18.2 Å². The third-order valence-electron chi connectivity index (χ3n) is 4.36. The van der Waals surface area contributed by atoms with Crippen molar-refractivity contribution in [3.8, 4) is 0 Å². The molecular weight excluding hydrogens is 290 g/mol. The van der Waals surface area contributed by atoms with Crippen LogP contribution < -0.4 is 4.72 Å². The number of hydrogen-bond donors (Lipinski definition) is 1. The van der Waals surface area contributed by atoms with Gasteiger partial charge in [-0.05, 0) is 31.6 Å². The molecule has 3 heterocycles. The SMILES string of the molecule is O=S(=O)(CC[C@H]1CCCO1)NC[C@@H]1CCc2nccn2C1. The van der Waals surface area contributed by atoms with Gasteiger partial charge in [-0.15, -0.1) is 0 Å². The molecule has 0 aromatic carbocycles. The molecule has 0 aliphatic carbocycles. The summed E-state index contributed by atoms with van der Waals surface area (Å²) in [6.45, 7) is 2.14. The van der Waals surface area contributed by atoms with Crippen LogP contribution in [0.4, 0.5) is 0 Å². The number of ether oxygens (including phenoxy) is 1. The molecule has 2 atom stereocenters. The number of nitrogens with zero attached hydrogens (tertiary/aromatic N) is 2. The number of sulfonamides is 1. The van der Waals surface area contributed by atoms with Gasteiger partial charge in [0.05, 0.1) is 11.9 Å². The maximum Gasteiger partial charge on any atom is 0.211 e. The average molecular weight is 313 g/mol. The van der Waals surface area contributed by atoms with E-state index in [2.05, 4.69) is 14.3 Å². The summed E-state index contributed by atoms with van der Waals surface area (Å²) in [6.07, 6.45) is 8.46. The first-order chi connectivity index (χ1) is 10.1. The minimum absolute atomic E-state index is 0.129. The summed E-state index contributed by atoms with van der Waals surface area (Å²) in [7, 11) is -3.19. The van der Waals surface area contributed by atoms with Gasteiger partial charge in [0.15, 0.2) is 0 Å². The zero-order chi connectivity index (χ0) is 14.7. The average Bonchev–Trinajstić information content (AvgIpc) is 3.13. The fourth-order valence-electron chi connectivity index (χ4n) is 3.08. The first-order valence-corrected chi connectivity index (χ1v) is 9.36. The molecule has 0 bridgehead atoms. The van der Waals surface area contributed by atoms with Crippen LogP contribution in [-0.4, -0.2) is 43.0 Å². The number of fused-ring (bicyclic) bond motifs is 1. The Balaban J connectivity index is 1.43. The third kappa shape index (κ3) is 4.05. The zero-order valence-corrected chi connectivity index (χ0v) is 13.0. The van der Waals surface area contributed by atoms with Gasteiger partial charge in [0.25, 0.3) is 0 Å². The van der Waals surface area contributed by atoms with Crippen molar-refractivity contribution in [2.45, 2.75) is 44.8 Å². The summed E-state index contributed by atoms with van der Waals surface area (Å²) >= 11 is 0. The first kappa shape index (κ1) is 15.0. The highest BCUT2D eigenvalue weighted by Gasteiger charge is 2.22. The molecule has 0 saturated carbocycles. The molecule has 3 rings (SSSR count). The summed E-state index contributed by atoms with van der Waals surface area (Å²) in [6, 6.07) is 0. The lowest BCUT2D eigenvalue weighted by Gasteiger charge is -2.24. The van der Waals surface area contributed by atoms with Crippen molar-refractivity contribution in [2.75, 3.05) is 18.9 Å². The minimum atomic E-state index is -3.19. The predicted molar refractivity (Wildman–Crippen MR) is 79.4 cm³/mol. The standard InChI is InChI=1S/C14H23N3O3S/c18-21(19,9-5-13-2-1-8-20-13)16-10-12-3-4-14-15-6-7-17(14)11-12/h6-7,12-13,16H,1-5,8-11H2/t12-,13+/m0/s1. The Labute approximate surface area is 125 Å². The molecule has 0 radical (unpaired) electrons. The van der Waals surface area contributed by atoms with Gasteiger partial charge >= 0.3 is 0 Å². The van der Waals surface area contributed by atoms with Gasteiger partial charge in [-0.25, -0.2) is 18.1 Å². The van der Waals surface area contributed by atoms with Crippen molar-refractivity contribution in [2.24, 2.45) is 5.92 Å². The second-order valence-corrected chi connectivity index (χ2v) is 7.92. The molecule has 2 aliphatic rings. The summed E-state index contributed by atoms with van der Waals surface area (Å²) in [5.74, 6) is 1.62. The van der Waals surface area contributed by atoms with Crippen LogP contribution in [0.3, 0.4) is 0 Å². The van der Waals surface area contributed by atoms with E-state index in [1.165, 1.54) is 0 Å². The molecule has 1 fully saturated rings. The Morgan fingerprint density at radius 2 is 2.33 bits per heavy atom. The van der Waals surface area contributed by atoms with Crippen LogP contribution in [0, 0.1) is 5.92 Å². The number of aryl methyl sites for hydroxylation is 1. The fraction of sp³-hybridized carbons (Fsp3) is 0.786. The van der Waals surface area contributed by atoms with E-state index in [0.29, 0.717) is 18.9 Å². The Bertz CT molecular complexity index is 564. The van der Waals surface area contributed by atoms with Gasteiger partial charge in [-0.3, -0.25) is 0 Å². The molecule has 1 aromatic rings. The third-order valence-corrected chi connectivity index (χ3v) is 5.74. The lowest BCUT2D eigenvalue weighted by molar-refractivity contribution is 0.109. The highest BCUT2D eigenvalue weighted by atomic mass is 32.2. The van der Waals surface area contributed by atoms with Crippen molar-refractivity contribution in [3.63, 3.8) is 0 Å². The Hall–Kier alpha value is -0.920. The van der Waals surface area contributed by atoms with Gasteiger partial charge < -0.3 is 9.30 Å². The van der Waals surface area contributed by atoms with Crippen molar-refractivity contribution in [1.29, 1.82) is 0 Å². The number of nitrogens with one attached hydrogen (secondary N) is 1. The van der Waals surface area contributed by atoms with Crippen LogP contribution in [-0.2, 0) is 27.7 Å². The molecule has 118 valence electrons. The van der Waals surface area contributed by atoms with Gasteiger partial charge in [0, 0.05) is 38.5 Å². The second-order valence-electron chi connectivity index (χ2n) is 5.99. The predicted octanol–water partition coefficient (Wildman–Crippen LogP) is 0.934. The monoisotopic (exact) mass is 313 g/mol. The summed E-state index contributed by atoms with van der Waals surface area (Å²) in [5, 5.41) is 0. The second kappa shape index (κ2) is 6.46. The largest absolute Gasteiger partial charge is 0.378 e. The summed E-state index contributed by atoms with van der Waals surface area (Å²) in [5.41, 5.74) is 0. The zero-order valence-electron chi connectivity index (χ0n) is 12.2. The maximum atomic E-state index is 12.0. The molecule has 0 spiro atoms. The number of rotatable bonds is 6. The lowest BCUT2D eigenvalue weighted by Crippen LogP contribution is -2.35. The van der Waals surface area contributed by atoms with Gasteiger partial charge in [-0.2, -0.15) is 0 Å². The molecular formula is C14H23N3O3S. The molecule has 1 aromatic heterocycles. The molecule has 6 nitrogen and oxygen atoms in total. The summed E-state index contributed by atoms with van der Waals surface area (Å²) < 4.78 is 34.4. The van der Waals surface area contributed by atoms with Crippen molar-refractivity contribution >= 4 is 10.0 Å². The molecule has 1 saturated heterocycles. The van der Waals surface area contributed by atoms with E-state index in [-0.39, 0.29) is 11.9 Å². The van der Waals surface area contributed by atoms with E-state index in [9.17, 15) is 8.42 Å². The normalized spacial score (nSPS) is 25.9. The van der Waals surface area contributed by atoms with Crippen molar-refractivity contribution < 1.29 is 13.2 Å². The number of imidazole rings is 1. The molecule has 1 N–H and O–H groups in total. The highest BCUT2D eigenvalue weighted by Crippen LogP contribution is 2.19. The topological polar surface area (TPSA) is 73.2 Å². The van der Waals surface area contributed by atoms with Crippen LogP contribution in [0.25, 0.3) is 0 Å². The van der Waals surface area contributed by atoms with Gasteiger partial charge in [0.1, 0.15) is 5.82 Å². The van der Waals surface area contributed by atoms with E-state index in [1.807, 2.05) is 12.4 Å². The van der Waals surface area contributed by atoms with Gasteiger partial charge in [0.2, 0.25) is 10.0 Å². The minimum Gasteiger partial charge on any atom is -0.378 e. The molecule has 0 amide bonds. The summed E-state index contributed by atoms with van der Waals surface area (Å²) in [4.78, 5) is 4.28. The molecule has 2 aliphatic heterocycles. The van der Waals surface area contributed by atoms with E-state index in [4.69, 9.17) is 4.74 Å². The lowest BCUT2D eigenvalue weighted by atomic mass is 10.00. The van der Waals surface area contributed by atoms with E-state index in [1.54, 1.807) is 0 Å². The van der Waals surface area contributed by atoms with Crippen LogP contribution >= 0.6 is 0 Å². The van der Waals surface area contributed by atoms with Crippen LogP contribution in [0.15, 0.2) is 12.4 Å². The van der Waals surface area contributed by atoms with Gasteiger partial charge in [-0.1, -0.05) is 0 Å². The van der Waals surface area contributed by atoms with Crippen LogP contribution in [0.5, 0.6) is 0 Å². The van der Waals surface area contributed by atoms with E-state index < -0.39 is 10.0 Å². The molecule has 7 heteroatoms. The van der Waals surface area contributed by atoms with Crippen LogP contribution in [0.2, 0.25) is 0 Å². The fourth-order valence-corrected chi connectivity index (χ4v) is 4.29. The highest BCUT2D eigenvalue weighted by molar-refractivity contribution is 7.89. The maximum absolute atomic E-state index is 12.0. The van der Waals surface area contributed by atoms with E-state index >= 15 is 0 Å². The Kier molecular flexibility index (Phi) is 4.61. The Morgan fingerprint density at radius 3 is 3.14 bits per heavy atom. The quantitative estimate of drug-likeness (QED) is 0.848.